The van der Waals surface area contributed by atoms with E-state index < -0.39 is 11.6 Å². The average molecular weight is 371 g/mol. The summed E-state index contributed by atoms with van der Waals surface area (Å²) in [6.45, 7) is 6.89. The molecule has 2 aliphatic carbocycles. The Hall–Kier alpha value is -1.92. The lowest BCUT2D eigenvalue weighted by Gasteiger charge is -2.45. The Morgan fingerprint density at radius 1 is 1.19 bits per heavy atom. The molecule has 0 spiro atoms. The number of halogens is 2. The van der Waals surface area contributed by atoms with Gasteiger partial charge in [0.25, 0.3) is 0 Å². The van der Waals surface area contributed by atoms with E-state index in [9.17, 15) is 8.78 Å². The fourth-order valence-corrected chi connectivity index (χ4v) is 5.83. The van der Waals surface area contributed by atoms with Crippen LogP contribution in [0.2, 0.25) is 0 Å². The van der Waals surface area contributed by atoms with Gasteiger partial charge in [-0.05, 0) is 47.9 Å². The third-order valence-corrected chi connectivity index (χ3v) is 7.17. The number of benzene rings is 1. The van der Waals surface area contributed by atoms with Crippen LogP contribution in [0.5, 0.6) is 0 Å². The first kappa shape index (κ1) is 17.2. The molecule has 27 heavy (non-hydrogen) atoms. The first-order chi connectivity index (χ1) is 13.0. The molecule has 1 aromatic heterocycles. The molecule has 2 heterocycles. The molecule has 1 N–H and O–H groups in total. The van der Waals surface area contributed by atoms with E-state index in [-0.39, 0.29) is 28.2 Å². The molecule has 2 bridgehead atoms. The SMILES string of the molecule is CC1(C)[C@H]2CC[C@]1([C@@H]1CNCCO1)c1nnc(-c3c(F)cccc3F)cc12. The Morgan fingerprint density at radius 2 is 1.96 bits per heavy atom. The molecule has 3 aliphatic rings. The van der Waals surface area contributed by atoms with E-state index in [2.05, 4.69) is 29.4 Å². The third-order valence-electron chi connectivity index (χ3n) is 7.17. The van der Waals surface area contributed by atoms with Crippen molar-refractivity contribution in [3.8, 4) is 11.3 Å². The standard InChI is InChI=1S/C21H23F2N3O/c1-20(2)13-6-7-21(20,17-11-24-8-9-27-17)19-12(13)10-16(25-26-19)18-14(22)4-3-5-15(18)23/h3-5,10,13,17,24H,6-9,11H2,1-2H3/t13-,17-,21-/m0/s1. The minimum Gasteiger partial charge on any atom is -0.375 e. The summed E-state index contributed by atoms with van der Waals surface area (Å²) in [6, 6.07) is 5.73. The second-order valence-electron chi connectivity index (χ2n) is 8.48. The van der Waals surface area contributed by atoms with Gasteiger partial charge in [-0.15, -0.1) is 0 Å². The predicted molar refractivity (Wildman–Crippen MR) is 97.4 cm³/mol. The van der Waals surface area contributed by atoms with Crippen LogP contribution < -0.4 is 5.32 Å². The summed E-state index contributed by atoms with van der Waals surface area (Å²) in [5, 5.41) is 12.3. The summed E-state index contributed by atoms with van der Waals surface area (Å²) in [6.07, 6.45) is 2.08. The molecule has 0 amide bonds. The van der Waals surface area contributed by atoms with Gasteiger partial charge >= 0.3 is 0 Å². The summed E-state index contributed by atoms with van der Waals surface area (Å²) in [5.74, 6) is -0.926. The van der Waals surface area contributed by atoms with E-state index in [1.807, 2.05) is 6.07 Å². The fourth-order valence-electron chi connectivity index (χ4n) is 5.83. The van der Waals surface area contributed by atoms with Gasteiger partial charge in [-0.1, -0.05) is 19.9 Å². The number of nitrogens with zero attached hydrogens (tertiary/aromatic N) is 2. The highest BCUT2D eigenvalue weighted by molar-refractivity contribution is 5.63. The highest BCUT2D eigenvalue weighted by Crippen LogP contribution is 2.69. The van der Waals surface area contributed by atoms with E-state index in [1.54, 1.807) is 0 Å². The van der Waals surface area contributed by atoms with Crippen LogP contribution in [-0.2, 0) is 10.2 Å². The molecule has 4 nitrogen and oxygen atoms in total. The van der Waals surface area contributed by atoms with E-state index in [0.29, 0.717) is 12.5 Å². The summed E-state index contributed by atoms with van der Waals surface area (Å²) in [5.41, 5.74) is 1.95. The molecule has 6 heteroatoms. The van der Waals surface area contributed by atoms with Gasteiger partial charge in [0.15, 0.2) is 0 Å². The monoisotopic (exact) mass is 371 g/mol. The highest BCUT2D eigenvalue weighted by Gasteiger charge is 2.66. The molecule has 0 unspecified atom stereocenters. The van der Waals surface area contributed by atoms with Crippen LogP contribution in [0.3, 0.4) is 0 Å². The lowest BCUT2D eigenvalue weighted by Crippen LogP contribution is -2.55. The first-order valence-electron chi connectivity index (χ1n) is 9.61. The quantitative estimate of drug-likeness (QED) is 0.877. The van der Waals surface area contributed by atoms with E-state index >= 15 is 0 Å². The zero-order valence-corrected chi connectivity index (χ0v) is 15.6. The first-order valence-corrected chi connectivity index (χ1v) is 9.61. The second-order valence-corrected chi connectivity index (χ2v) is 8.48. The van der Waals surface area contributed by atoms with Crippen LogP contribution in [-0.4, -0.2) is 36.0 Å². The Kier molecular flexibility index (Phi) is 3.69. The van der Waals surface area contributed by atoms with Crippen molar-refractivity contribution in [3.05, 3.63) is 47.2 Å². The number of morpholine rings is 1. The van der Waals surface area contributed by atoms with Crippen LogP contribution in [0.1, 0.15) is 43.9 Å². The Morgan fingerprint density at radius 3 is 2.67 bits per heavy atom. The zero-order valence-electron chi connectivity index (χ0n) is 15.6. The van der Waals surface area contributed by atoms with Crippen LogP contribution in [0.15, 0.2) is 24.3 Å². The van der Waals surface area contributed by atoms with Crippen molar-refractivity contribution in [2.45, 2.75) is 44.1 Å². The summed E-state index contributed by atoms with van der Waals surface area (Å²) in [4.78, 5) is 0. The van der Waals surface area contributed by atoms with Gasteiger partial charge in [0, 0.05) is 18.5 Å². The number of nitrogens with one attached hydrogen (secondary N) is 1. The van der Waals surface area contributed by atoms with Crippen LogP contribution in [0.4, 0.5) is 8.78 Å². The Bertz CT molecular complexity index is 890. The molecule has 1 saturated carbocycles. The second kappa shape index (κ2) is 5.79. The van der Waals surface area contributed by atoms with Gasteiger partial charge in [-0.3, -0.25) is 0 Å². The number of hydrogen-bond acceptors (Lipinski definition) is 4. The Labute approximate surface area is 157 Å². The topological polar surface area (TPSA) is 47.0 Å². The molecule has 0 radical (unpaired) electrons. The van der Waals surface area contributed by atoms with Crippen LogP contribution in [0.25, 0.3) is 11.3 Å². The van der Waals surface area contributed by atoms with Gasteiger partial charge in [-0.2, -0.15) is 10.2 Å². The van der Waals surface area contributed by atoms with E-state index in [1.165, 1.54) is 18.2 Å². The normalized spacial score (nSPS) is 31.1. The Balaban J connectivity index is 1.66. The molecule has 1 aromatic carbocycles. The molecule has 2 aromatic rings. The molecule has 5 rings (SSSR count). The molecule has 3 atom stereocenters. The maximum absolute atomic E-state index is 14.3. The van der Waals surface area contributed by atoms with Gasteiger partial charge in [0.2, 0.25) is 0 Å². The van der Waals surface area contributed by atoms with Crippen molar-refractivity contribution in [2.24, 2.45) is 5.41 Å². The summed E-state index contributed by atoms with van der Waals surface area (Å²) >= 11 is 0. The molecule has 1 aliphatic heterocycles. The summed E-state index contributed by atoms with van der Waals surface area (Å²) < 4.78 is 34.7. The predicted octanol–water partition coefficient (Wildman–Crippen LogP) is 3.57. The lowest BCUT2D eigenvalue weighted by molar-refractivity contribution is -0.0548. The van der Waals surface area contributed by atoms with Crippen LogP contribution in [0, 0.1) is 17.0 Å². The maximum atomic E-state index is 14.3. The van der Waals surface area contributed by atoms with Crippen molar-refractivity contribution in [1.29, 1.82) is 0 Å². The van der Waals surface area contributed by atoms with Gasteiger partial charge in [-0.25, -0.2) is 8.78 Å². The van der Waals surface area contributed by atoms with Crippen molar-refractivity contribution in [3.63, 3.8) is 0 Å². The fraction of sp³-hybridized carbons (Fsp3) is 0.524. The van der Waals surface area contributed by atoms with Crippen molar-refractivity contribution >= 4 is 0 Å². The molecule has 142 valence electrons. The average Bonchev–Trinajstić information content (AvgIpc) is 3.04. The number of aromatic nitrogens is 2. The largest absolute Gasteiger partial charge is 0.375 e. The highest BCUT2D eigenvalue weighted by atomic mass is 19.1. The smallest absolute Gasteiger partial charge is 0.135 e. The van der Waals surface area contributed by atoms with Crippen LogP contribution >= 0.6 is 0 Å². The van der Waals surface area contributed by atoms with Gasteiger partial charge < -0.3 is 10.1 Å². The van der Waals surface area contributed by atoms with E-state index in [4.69, 9.17) is 4.74 Å². The minimum atomic E-state index is -0.610. The number of fused-ring (bicyclic) bond motifs is 5. The van der Waals surface area contributed by atoms with E-state index in [0.717, 1.165) is 37.2 Å². The van der Waals surface area contributed by atoms with Gasteiger partial charge in [0.05, 0.1) is 29.7 Å². The number of rotatable bonds is 2. The number of ether oxygens (including phenoxy) is 1. The molecular formula is C21H23F2N3O. The number of hydrogen-bond donors (Lipinski definition) is 1. The molecule has 1 saturated heterocycles. The molecule has 2 fully saturated rings. The van der Waals surface area contributed by atoms with Crippen molar-refractivity contribution in [1.82, 2.24) is 15.5 Å². The lowest BCUT2D eigenvalue weighted by atomic mass is 9.64. The maximum Gasteiger partial charge on any atom is 0.135 e. The van der Waals surface area contributed by atoms with Crippen molar-refractivity contribution in [2.75, 3.05) is 19.7 Å². The molecular weight excluding hydrogens is 348 g/mol. The zero-order chi connectivity index (χ0) is 18.8. The summed E-state index contributed by atoms with van der Waals surface area (Å²) in [7, 11) is 0. The van der Waals surface area contributed by atoms with Crippen molar-refractivity contribution < 1.29 is 13.5 Å². The minimum absolute atomic E-state index is 0.0397. The third kappa shape index (κ3) is 2.14. The van der Waals surface area contributed by atoms with Gasteiger partial charge in [0.1, 0.15) is 11.6 Å².